The number of aliphatic hydroxyl groups is 1. The van der Waals surface area contributed by atoms with Crippen LogP contribution < -0.4 is 11.1 Å². The van der Waals surface area contributed by atoms with Crippen molar-refractivity contribution in [2.75, 3.05) is 34.4 Å². The average Bonchev–Trinajstić information content (AvgIpc) is 3.45. The molecule has 10 nitrogen and oxygen atoms in total. The molecule has 1 heterocycles. The number of nitrogens with two attached hydrogens (primary N) is 1. The van der Waals surface area contributed by atoms with Gasteiger partial charge in [0.05, 0.1) is 55.3 Å². The Kier molecular flexibility index (Phi) is 13.5. The number of nitrogens with one attached hydrogen (secondary N) is 1. The number of rotatable bonds is 15. The predicted octanol–water partition coefficient (Wildman–Crippen LogP) is 2.10. The summed E-state index contributed by atoms with van der Waals surface area (Å²) in [7, 11) is 4.82. The second-order valence-electron chi connectivity index (χ2n) is 11.0. The van der Waals surface area contributed by atoms with E-state index in [-0.39, 0.29) is 48.7 Å². The van der Waals surface area contributed by atoms with E-state index in [1.165, 1.54) is 0 Å². The first-order valence-electron chi connectivity index (χ1n) is 14.4. The molecule has 3 amide bonds. The van der Waals surface area contributed by atoms with Crippen molar-refractivity contribution in [3.05, 3.63) is 35.9 Å². The molecule has 8 atom stereocenters. The number of ether oxygens (including phenoxy) is 2. The zero-order chi connectivity index (χ0) is 30.0. The molecule has 4 N–H and O–H groups in total. The molecule has 0 bridgehead atoms. The highest BCUT2D eigenvalue weighted by molar-refractivity contribution is 5.81. The number of methoxy groups -OCH3 is 2. The Balaban J connectivity index is 2.14. The van der Waals surface area contributed by atoms with Gasteiger partial charge in [0.15, 0.2) is 0 Å². The molecule has 0 aromatic heterocycles. The number of carbonyl (C=O) groups is 3. The van der Waals surface area contributed by atoms with Crippen molar-refractivity contribution in [3.63, 3.8) is 0 Å². The van der Waals surface area contributed by atoms with Crippen LogP contribution in [0.25, 0.3) is 0 Å². The summed E-state index contributed by atoms with van der Waals surface area (Å²) in [6.07, 6.45) is 0.529. The van der Waals surface area contributed by atoms with Crippen LogP contribution in [0.15, 0.2) is 30.3 Å². The van der Waals surface area contributed by atoms with E-state index in [4.69, 9.17) is 15.2 Å². The van der Waals surface area contributed by atoms with Crippen molar-refractivity contribution in [1.29, 1.82) is 0 Å². The van der Waals surface area contributed by atoms with Crippen LogP contribution in [0.4, 0.5) is 0 Å². The van der Waals surface area contributed by atoms with Crippen LogP contribution >= 0.6 is 0 Å². The molecule has 40 heavy (non-hydrogen) atoms. The van der Waals surface area contributed by atoms with Gasteiger partial charge in [-0.3, -0.25) is 14.4 Å². The lowest BCUT2D eigenvalue weighted by Gasteiger charge is -2.39. The van der Waals surface area contributed by atoms with Gasteiger partial charge in [0.2, 0.25) is 17.7 Å². The van der Waals surface area contributed by atoms with Crippen molar-refractivity contribution in [2.24, 2.45) is 17.6 Å². The van der Waals surface area contributed by atoms with Crippen LogP contribution in [0.5, 0.6) is 0 Å². The molecular weight excluding hydrogens is 512 g/mol. The van der Waals surface area contributed by atoms with E-state index >= 15 is 0 Å². The smallest absolute Gasteiger partial charge is 0.236 e. The largest absolute Gasteiger partial charge is 0.386 e. The Morgan fingerprint density at radius 2 is 1.80 bits per heavy atom. The molecule has 1 aromatic rings. The van der Waals surface area contributed by atoms with Gasteiger partial charge in [-0.15, -0.1) is 0 Å². The second kappa shape index (κ2) is 16.0. The third-order valence-corrected chi connectivity index (χ3v) is 8.46. The lowest BCUT2D eigenvalue weighted by atomic mass is 9.90. The summed E-state index contributed by atoms with van der Waals surface area (Å²) in [5.41, 5.74) is 6.35. The quantitative estimate of drug-likeness (QED) is 0.298. The summed E-state index contributed by atoms with van der Waals surface area (Å²) in [4.78, 5) is 42.7. The maximum absolute atomic E-state index is 13.7. The van der Waals surface area contributed by atoms with E-state index in [0.29, 0.717) is 13.0 Å². The van der Waals surface area contributed by atoms with Crippen molar-refractivity contribution in [2.45, 2.75) is 89.8 Å². The van der Waals surface area contributed by atoms with Crippen LogP contribution in [0, 0.1) is 11.8 Å². The lowest BCUT2D eigenvalue weighted by molar-refractivity contribution is -0.145. The Morgan fingerprint density at radius 3 is 2.35 bits per heavy atom. The lowest BCUT2D eigenvalue weighted by Crippen LogP contribution is -2.54. The molecule has 1 fully saturated rings. The fourth-order valence-electron chi connectivity index (χ4n) is 5.84. The fourth-order valence-corrected chi connectivity index (χ4v) is 5.84. The molecule has 1 saturated heterocycles. The first-order chi connectivity index (χ1) is 19.0. The molecule has 1 aliphatic rings. The number of hydrogen-bond acceptors (Lipinski definition) is 7. The van der Waals surface area contributed by atoms with Gasteiger partial charge in [-0.2, -0.15) is 0 Å². The Labute approximate surface area is 239 Å². The number of likely N-dealkylation sites (N-methyl/N-ethyl adjacent to an activating group) is 1. The summed E-state index contributed by atoms with van der Waals surface area (Å²) in [6, 6.07) is 8.10. The van der Waals surface area contributed by atoms with E-state index < -0.39 is 30.3 Å². The Bertz CT molecular complexity index is 947. The highest BCUT2D eigenvalue weighted by Gasteiger charge is 2.42. The highest BCUT2D eigenvalue weighted by Crippen LogP contribution is 2.29. The topological polar surface area (TPSA) is 134 Å². The van der Waals surface area contributed by atoms with Crippen LogP contribution in [-0.2, 0) is 23.9 Å². The van der Waals surface area contributed by atoms with E-state index in [2.05, 4.69) is 5.32 Å². The number of hydrogen-bond donors (Lipinski definition) is 3. The molecule has 1 aliphatic heterocycles. The summed E-state index contributed by atoms with van der Waals surface area (Å²) >= 11 is 0. The third-order valence-electron chi connectivity index (χ3n) is 8.46. The first-order valence-corrected chi connectivity index (χ1v) is 14.4. The number of aliphatic hydroxyl groups excluding tert-OH is 1. The van der Waals surface area contributed by atoms with Crippen LogP contribution in [-0.4, -0.2) is 97.3 Å². The first kappa shape index (κ1) is 33.7. The summed E-state index contributed by atoms with van der Waals surface area (Å²) < 4.78 is 11.6. The minimum absolute atomic E-state index is 0.0938. The molecule has 0 radical (unpaired) electrons. The molecule has 10 heteroatoms. The zero-order valence-corrected chi connectivity index (χ0v) is 25.2. The van der Waals surface area contributed by atoms with Gasteiger partial charge in [0, 0.05) is 27.8 Å². The van der Waals surface area contributed by atoms with Gasteiger partial charge in [0.1, 0.15) is 0 Å². The van der Waals surface area contributed by atoms with Gasteiger partial charge < -0.3 is 35.4 Å². The molecule has 226 valence electrons. The summed E-state index contributed by atoms with van der Waals surface area (Å²) in [5.74, 6) is -1.02. The standard InChI is InChI=1S/C30H50N4O6/c1-8-19(2)27(33(5)26(36)18-31)24(39-6)17-25(35)34-16-12-15-23(34)29(40-7)20(3)30(38)32-21(4)28(37)22-13-10-9-11-14-22/h9-11,13-14,19-21,23-24,27-29,37H,8,12,15-18,31H2,1-7H3,(H,32,38)/t19-,20?,21+,23-,24+,27-,28+,29?/m0/s1. The summed E-state index contributed by atoms with van der Waals surface area (Å²) in [6.45, 7) is 8.08. The normalized spacial score (nSPS) is 20.6. The minimum Gasteiger partial charge on any atom is -0.386 e. The third kappa shape index (κ3) is 8.25. The van der Waals surface area contributed by atoms with Gasteiger partial charge >= 0.3 is 0 Å². The molecule has 0 saturated carbocycles. The van der Waals surface area contributed by atoms with Crippen LogP contribution in [0.1, 0.15) is 65.0 Å². The van der Waals surface area contributed by atoms with Crippen LogP contribution in [0.3, 0.4) is 0 Å². The van der Waals surface area contributed by atoms with Gasteiger partial charge in [-0.05, 0) is 31.2 Å². The number of amides is 3. The molecule has 1 aromatic carbocycles. The zero-order valence-electron chi connectivity index (χ0n) is 25.2. The number of likely N-dealkylation sites (tertiary alicyclic amines) is 1. The average molecular weight is 563 g/mol. The molecular formula is C30H50N4O6. The summed E-state index contributed by atoms with van der Waals surface area (Å²) in [5, 5.41) is 13.6. The van der Waals surface area contributed by atoms with Gasteiger partial charge in [-0.1, -0.05) is 57.5 Å². The van der Waals surface area contributed by atoms with Crippen LogP contribution in [0.2, 0.25) is 0 Å². The van der Waals surface area contributed by atoms with Crippen molar-refractivity contribution >= 4 is 17.7 Å². The van der Waals surface area contributed by atoms with E-state index in [1.54, 1.807) is 44.9 Å². The van der Waals surface area contributed by atoms with Crippen molar-refractivity contribution in [3.8, 4) is 0 Å². The molecule has 0 spiro atoms. The number of nitrogens with zero attached hydrogens (tertiary/aromatic N) is 2. The Hall–Kier alpha value is -2.53. The van der Waals surface area contributed by atoms with E-state index in [0.717, 1.165) is 18.4 Å². The van der Waals surface area contributed by atoms with E-state index in [9.17, 15) is 19.5 Å². The molecule has 0 aliphatic carbocycles. The predicted molar refractivity (Wildman–Crippen MR) is 154 cm³/mol. The monoisotopic (exact) mass is 562 g/mol. The van der Waals surface area contributed by atoms with Crippen molar-refractivity contribution in [1.82, 2.24) is 15.1 Å². The molecule has 2 unspecified atom stereocenters. The minimum atomic E-state index is -0.850. The second-order valence-corrected chi connectivity index (χ2v) is 11.0. The van der Waals surface area contributed by atoms with Gasteiger partial charge in [-0.25, -0.2) is 0 Å². The highest BCUT2D eigenvalue weighted by atomic mass is 16.5. The maximum Gasteiger partial charge on any atom is 0.236 e. The number of carbonyl (C=O) groups excluding carboxylic acids is 3. The van der Waals surface area contributed by atoms with Gasteiger partial charge in [0.25, 0.3) is 0 Å². The SMILES string of the molecule is CC[C@H](C)[C@@H]([C@@H](CC(=O)N1CCC[C@H]1C(OC)C(C)C(=O)N[C@H](C)[C@@H](O)c1ccccc1)OC)N(C)C(=O)CN. The van der Waals surface area contributed by atoms with Crippen molar-refractivity contribution < 1.29 is 29.0 Å². The fraction of sp³-hybridized carbons (Fsp3) is 0.700. The van der Waals surface area contributed by atoms with E-state index in [1.807, 2.05) is 44.2 Å². The number of benzene rings is 1. The Morgan fingerprint density at radius 1 is 1.15 bits per heavy atom. The maximum atomic E-state index is 13.7. The molecule has 2 rings (SSSR count).